The average molecular weight is 457 g/mol. The van der Waals surface area contributed by atoms with Gasteiger partial charge in [0.15, 0.2) is 6.61 Å². The van der Waals surface area contributed by atoms with Crippen molar-refractivity contribution in [3.05, 3.63) is 101 Å². The molecule has 1 unspecified atom stereocenters. The summed E-state index contributed by atoms with van der Waals surface area (Å²) in [5.74, 6) is 0.630. The minimum Gasteiger partial charge on any atom is -0.484 e. The summed E-state index contributed by atoms with van der Waals surface area (Å²) in [7, 11) is 0. The van der Waals surface area contributed by atoms with Gasteiger partial charge in [-0.2, -0.15) is 0 Å². The minimum atomic E-state index is -0.224. The van der Waals surface area contributed by atoms with Crippen molar-refractivity contribution in [2.24, 2.45) is 0 Å². The molecule has 1 aliphatic heterocycles. The largest absolute Gasteiger partial charge is 0.484 e. The predicted molar refractivity (Wildman–Crippen MR) is 134 cm³/mol. The maximum absolute atomic E-state index is 13.6. The molecule has 0 aliphatic carbocycles. The van der Waals surface area contributed by atoms with Gasteiger partial charge in [-0.3, -0.25) is 9.59 Å². The molecule has 0 aromatic heterocycles. The number of hydrogen-bond acceptors (Lipinski definition) is 3. The number of carbonyl (C=O) groups is 2. The molecular weight excluding hydrogens is 424 g/mol. The van der Waals surface area contributed by atoms with E-state index in [1.54, 1.807) is 4.90 Å². The number of benzene rings is 3. The van der Waals surface area contributed by atoms with Crippen LogP contribution in [0.1, 0.15) is 52.5 Å². The maximum atomic E-state index is 13.6. The molecule has 5 nitrogen and oxygen atoms in total. The molecule has 0 N–H and O–H groups in total. The summed E-state index contributed by atoms with van der Waals surface area (Å²) >= 11 is 0. The van der Waals surface area contributed by atoms with Gasteiger partial charge in [-0.1, -0.05) is 54.1 Å². The van der Waals surface area contributed by atoms with E-state index in [4.69, 9.17) is 4.74 Å². The van der Waals surface area contributed by atoms with Crippen LogP contribution in [0.3, 0.4) is 0 Å². The zero-order valence-electron chi connectivity index (χ0n) is 20.2. The first-order chi connectivity index (χ1) is 16.5. The molecule has 0 bridgehead atoms. The number of nitrogens with zero attached hydrogens (tertiary/aromatic N) is 2. The van der Waals surface area contributed by atoms with Crippen molar-refractivity contribution in [1.82, 2.24) is 9.80 Å². The fraction of sp³-hybridized carbons (Fsp3) is 0.310. The van der Waals surface area contributed by atoms with Crippen molar-refractivity contribution in [2.45, 2.75) is 33.2 Å². The lowest BCUT2D eigenvalue weighted by Gasteiger charge is -2.38. The predicted octanol–water partition coefficient (Wildman–Crippen LogP) is 5.03. The molecule has 5 heteroatoms. The van der Waals surface area contributed by atoms with Gasteiger partial charge < -0.3 is 14.5 Å². The molecule has 34 heavy (non-hydrogen) atoms. The topological polar surface area (TPSA) is 49.9 Å². The second-order valence-electron chi connectivity index (χ2n) is 8.65. The third-order valence-corrected chi connectivity index (χ3v) is 6.46. The van der Waals surface area contributed by atoms with Crippen LogP contribution < -0.4 is 4.74 Å². The number of ether oxygens (including phenoxy) is 1. The van der Waals surface area contributed by atoms with Gasteiger partial charge in [0.05, 0.1) is 6.04 Å². The minimum absolute atomic E-state index is 0.00222. The Morgan fingerprint density at radius 2 is 1.74 bits per heavy atom. The first-order valence-corrected chi connectivity index (χ1v) is 12.0. The van der Waals surface area contributed by atoms with E-state index < -0.39 is 0 Å². The summed E-state index contributed by atoms with van der Waals surface area (Å²) < 4.78 is 5.91. The van der Waals surface area contributed by atoms with Crippen molar-refractivity contribution in [3.63, 3.8) is 0 Å². The van der Waals surface area contributed by atoms with Crippen LogP contribution in [-0.4, -0.2) is 47.9 Å². The Bertz CT molecular complexity index is 1160. The Labute approximate surface area is 202 Å². The molecule has 2 amide bonds. The average Bonchev–Trinajstić information content (AvgIpc) is 2.87. The van der Waals surface area contributed by atoms with Crippen LogP contribution in [0.15, 0.2) is 72.8 Å². The van der Waals surface area contributed by atoms with Crippen molar-refractivity contribution in [3.8, 4) is 5.75 Å². The van der Waals surface area contributed by atoms with Crippen molar-refractivity contribution < 1.29 is 14.3 Å². The maximum Gasteiger partial charge on any atom is 0.260 e. The second kappa shape index (κ2) is 10.6. The zero-order valence-corrected chi connectivity index (χ0v) is 20.2. The number of amides is 2. The van der Waals surface area contributed by atoms with Gasteiger partial charge in [-0.15, -0.1) is 0 Å². The summed E-state index contributed by atoms with van der Waals surface area (Å²) in [6, 6.07) is 23.5. The summed E-state index contributed by atoms with van der Waals surface area (Å²) in [5.41, 5.74) is 5.15. The van der Waals surface area contributed by atoms with E-state index in [9.17, 15) is 9.59 Å². The monoisotopic (exact) mass is 456 g/mol. The van der Waals surface area contributed by atoms with E-state index in [-0.39, 0.29) is 24.5 Å². The van der Waals surface area contributed by atoms with Crippen LogP contribution in [0.4, 0.5) is 0 Å². The zero-order chi connectivity index (χ0) is 24.1. The lowest BCUT2D eigenvalue weighted by molar-refractivity contribution is -0.132. The molecule has 0 saturated carbocycles. The fourth-order valence-corrected chi connectivity index (χ4v) is 4.66. The highest BCUT2D eigenvalue weighted by Gasteiger charge is 2.33. The lowest BCUT2D eigenvalue weighted by Crippen LogP contribution is -2.40. The second-order valence-corrected chi connectivity index (χ2v) is 8.65. The van der Waals surface area contributed by atoms with E-state index in [1.165, 1.54) is 5.56 Å². The van der Waals surface area contributed by atoms with E-state index >= 15 is 0 Å². The number of aryl methyl sites for hydroxylation is 1. The summed E-state index contributed by atoms with van der Waals surface area (Å²) in [6.07, 6.45) is 0.773. The van der Waals surface area contributed by atoms with Crippen LogP contribution >= 0.6 is 0 Å². The molecule has 0 saturated heterocycles. The van der Waals surface area contributed by atoms with Crippen molar-refractivity contribution in [1.29, 1.82) is 0 Å². The summed E-state index contributed by atoms with van der Waals surface area (Å²) in [6.45, 7) is 7.96. The molecule has 176 valence electrons. The standard InChI is InChI=1S/C29H32N2O3/c1-4-30(5-2)27(32)20-34-25-15-14-22-16-17-31(29(33)23-11-7-6-8-12-23)28(26(22)19-25)24-13-9-10-21(3)18-24/h6-15,18-19,28H,4-5,16-17,20H2,1-3H3. The molecule has 1 atom stereocenters. The third kappa shape index (κ3) is 4.98. The molecule has 0 radical (unpaired) electrons. The molecule has 1 heterocycles. The van der Waals surface area contributed by atoms with Crippen LogP contribution in [0.5, 0.6) is 5.75 Å². The van der Waals surface area contributed by atoms with E-state index in [2.05, 4.69) is 31.2 Å². The summed E-state index contributed by atoms with van der Waals surface area (Å²) in [5, 5.41) is 0. The Morgan fingerprint density at radius 3 is 2.44 bits per heavy atom. The van der Waals surface area contributed by atoms with Gasteiger partial charge in [0, 0.05) is 25.2 Å². The number of fused-ring (bicyclic) bond motifs is 1. The van der Waals surface area contributed by atoms with Gasteiger partial charge in [0.1, 0.15) is 5.75 Å². The number of rotatable bonds is 7. The molecule has 0 fully saturated rings. The number of hydrogen-bond donors (Lipinski definition) is 0. The van der Waals surface area contributed by atoms with Gasteiger partial charge in [-0.05, 0) is 68.1 Å². The van der Waals surface area contributed by atoms with E-state index in [1.807, 2.05) is 67.3 Å². The Kier molecular flexibility index (Phi) is 7.31. The molecule has 1 aliphatic rings. The van der Waals surface area contributed by atoms with Crippen molar-refractivity contribution >= 4 is 11.8 Å². The Balaban J connectivity index is 1.69. The smallest absolute Gasteiger partial charge is 0.260 e. The Hall–Kier alpha value is -3.60. The number of likely N-dealkylation sites (N-methyl/N-ethyl adjacent to an activating group) is 1. The molecule has 4 rings (SSSR count). The van der Waals surface area contributed by atoms with Gasteiger partial charge in [-0.25, -0.2) is 0 Å². The Morgan fingerprint density at radius 1 is 0.971 bits per heavy atom. The first-order valence-electron chi connectivity index (χ1n) is 12.0. The first kappa shape index (κ1) is 23.6. The fourth-order valence-electron chi connectivity index (χ4n) is 4.66. The van der Waals surface area contributed by atoms with Gasteiger partial charge >= 0.3 is 0 Å². The summed E-state index contributed by atoms with van der Waals surface area (Å²) in [4.78, 5) is 29.7. The molecular formula is C29H32N2O3. The molecule has 3 aromatic carbocycles. The van der Waals surface area contributed by atoms with Crippen molar-refractivity contribution in [2.75, 3.05) is 26.2 Å². The molecule has 0 spiro atoms. The highest BCUT2D eigenvalue weighted by molar-refractivity contribution is 5.95. The third-order valence-electron chi connectivity index (χ3n) is 6.46. The van der Waals surface area contributed by atoms with Crippen LogP contribution in [0.2, 0.25) is 0 Å². The van der Waals surface area contributed by atoms with Gasteiger partial charge in [0.2, 0.25) is 0 Å². The van der Waals surface area contributed by atoms with E-state index in [0.29, 0.717) is 30.9 Å². The normalized spacial score (nSPS) is 14.9. The lowest BCUT2D eigenvalue weighted by atomic mass is 9.87. The van der Waals surface area contributed by atoms with Crippen LogP contribution in [0.25, 0.3) is 0 Å². The van der Waals surface area contributed by atoms with Crippen LogP contribution in [0, 0.1) is 6.92 Å². The molecule has 3 aromatic rings. The quantitative estimate of drug-likeness (QED) is 0.501. The van der Waals surface area contributed by atoms with E-state index in [0.717, 1.165) is 23.1 Å². The highest BCUT2D eigenvalue weighted by Crippen LogP contribution is 2.38. The number of carbonyl (C=O) groups excluding carboxylic acids is 2. The highest BCUT2D eigenvalue weighted by atomic mass is 16.5. The van der Waals surface area contributed by atoms with Crippen LogP contribution in [-0.2, 0) is 11.2 Å². The van der Waals surface area contributed by atoms with Gasteiger partial charge in [0.25, 0.3) is 11.8 Å². The SMILES string of the molecule is CCN(CC)C(=O)COc1ccc2c(c1)C(c1cccc(C)c1)N(C(=O)c1ccccc1)CC2.